The Hall–Kier alpha value is -1.13. The number of hydrogen-bond acceptors (Lipinski definition) is 3. The van der Waals surface area contributed by atoms with E-state index in [1.54, 1.807) is 13.2 Å². The van der Waals surface area contributed by atoms with Gasteiger partial charge in [0.25, 0.3) is 0 Å². The molecule has 0 amide bonds. The summed E-state index contributed by atoms with van der Waals surface area (Å²) in [5, 5.41) is 3.41. The lowest BCUT2D eigenvalue weighted by atomic mass is 10.1. The van der Waals surface area contributed by atoms with Crippen LogP contribution in [0.25, 0.3) is 0 Å². The number of halogens is 1. The molecule has 0 spiro atoms. The van der Waals surface area contributed by atoms with Gasteiger partial charge in [-0.3, -0.25) is 0 Å². The smallest absolute Gasteiger partial charge is 0.165 e. The molecule has 0 radical (unpaired) electrons. The van der Waals surface area contributed by atoms with Gasteiger partial charge in [0.1, 0.15) is 0 Å². The maximum Gasteiger partial charge on any atom is 0.165 e. The number of hydrogen-bond donors (Lipinski definition) is 1. The topological polar surface area (TPSA) is 30.5 Å². The van der Waals surface area contributed by atoms with Crippen molar-refractivity contribution in [1.29, 1.82) is 0 Å². The van der Waals surface area contributed by atoms with Crippen LogP contribution < -0.4 is 10.1 Å². The Balaban J connectivity index is 2.61. The minimum absolute atomic E-state index is 0.0947. The molecular weight excluding hydrogens is 233 g/mol. The molecule has 3 nitrogen and oxygen atoms in total. The zero-order valence-electron chi connectivity index (χ0n) is 11.5. The molecular formula is C14H22FNO2. The lowest BCUT2D eigenvalue weighted by Crippen LogP contribution is -2.29. The molecule has 102 valence electrons. The van der Waals surface area contributed by atoms with E-state index in [2.05, 4.69) is 12.2 Å². The second kappa shape index (κ2) is 7.34. The van der Waals surface area contributed by atoms with Gasteiger partial charge in [-0.25, -0.2) is 4.39 Å². The summed E-state index contributed by atoms with van der Waals surface area (Å²) in [6.45, 7) is 4.83. The van der Waals surface area contributed by atoms with Crippen LogP contribution in [0.3, 0.4) is 0 Å². The molecule has 0 aliphatic heterocycles. The Kier molecular flexibility index (Phi) is 6.09. The van der Waals surface area contributed by atoms with Crippen LogP contribution in [0.1, 0.15) is 31.9 Å². The number of benzene rings is 1. The van der Waals surface area contributed by atoms with Crippen LogP contribution in [0.4, 0.5) is 4.39 Å². The predicted molar refractivity (Wildman–Crippen MR) is 70.5 cm³/mol. The summed E-state index contributed by atoms with van der Waals surface area (Å²) in [5.74, 6) is -0.0495. The van der Waals surface area contributed by atoms with E-state index >= 15 is 0 Å². The molecule has 0 aliphatic rings. The summed E-state index contributed by atoms with van der Waals surface area (Å²) < 4.78 is 23.5. The average Bonchev–Trinajstić information content (AvgIpc) is 2.36. The minimum atomic E-state index is -0.326. The monoisotopic (exact) mass is 255 g/mol. The summed E-state index contributed by atoms with van der Waals surface area (Å²) in [5.41, 5.74) is 0.914. The number of ether oxygens (including phenoxy) is 2. The van der Waals surface area contributed by atoms with Crippen LogP contribution in [0.5, 0.6) is 5.75 Å². The van der Waals surface area contributed by atoms with Gasteiger partial charge in [0.05, 0.1) is 7.11 Å². The maximum atomic E-state index is 13.6. The second-order valence-electron chi connectivity index (χ2n) is 4.46. The molecule has 1 aromatic rings. The summed E-state index contributed by atoms with van der Waals surface area (Å²) in [6, 6.07) is 5.47. The standard InChI is InChI=1S/C14H22FNO2/c1-10(7-8-17-3)16-11(2)12-5-6-14(18-4)13(15)9-12/h5-6,9-11,16H,7-8H2,1-4H3. The van der Waals surface area contributed by atoms with Crippen LogP contribution in [-0.2, 0) is 4.74 Å². The SMILES string of the molecule is COCCC(C)NC(C)c1ccc(OC)c(F)c1. The number of methoxy groups -OCH3 is 2. The van der Waals surface area contributed by atoms with E-state index in [1.165, 1.54) is 13.2 Å². The van der Waals surface area contributed by atoms with Gasteiger partial charge in [-0.05, 0) is 38.0 Å². The van der Waals surface area contributed by atoms with E-state index in [0.717, 1.165) is 18.6 Å². The van der Waals surface area contributed by atoms with Crippen LogP contribution in [-0.4, -0.2) is 26.9 Å². The first kappa shape index (κ1) is 14.9. The Labute approximate surface area is 108 Å². The fraction of sp³-hybridized carbons (Fsp3) is 0.571. The van der Waals surface area contributed by atoms with Crippen molar-refractivity contribution in [2.24, 2.45) is 0 Å². The van der Waals surface area contributed by atoms with Gasteiger partial charge in [-0.2, -0.15) is 0 Å². The van der Waals surface area contributed by atoms with Crippen LogP contribution in [0.15, 0.2) is 18.2 Å². The first-order valence-electron chi connectivity index (χ1n) is 6.17. The van der Waals surface area contributed by atoms with Crippen LogP contribution in [0, 0.1) is 5.82 Å². The Bertz CT molecular complexity index is 371. The summed E-state index contributed by atoms with van der Waals surface area (Å²) in [6.07, 6.45) is 0.930. The summed E-state index contributed by atoms with van der Waals surface area (Å²) in [7, 11) is 3.15. The summed E-state index contributed by atoms with van der Waals surface area (Å²) >= 11 is 0. The first-order valence-corrected chi connectivity index (χ1v) is 6.17. The average molecular weight is 255 g/mol. The van der Waals surface area contributed by atoms with E-state index in [1.807, 2.05) is 13.0 Å². The van der Waals surface area contributed by atoms with Crippen molar-refractivity contribution >= 4 is 0 Å². The Morgan fingerprint density at radius 3 is 2.56 bits per heavy atom. The van der Waals surface area contributed by atoms with E-state index < -0.39 is 0 Å². The molecule has 0 bridgehead atoms. The second-order valence-corrected chi connectivity index (χ2v) is 4.46. The highest BCUT2D eigenvalue weighted by Crippen LogP contribution is 2.22. The molecule has 1 N–H and O–H groups in total. The maximum absolute atomic E-state index is 13.6. The van der Waals surface area contributed by atoms with Gasteiger partial charge < -0.3 is 14.8 Å². The number of rotatable bonds is 7. The van der Waals surface area contributed by atoms with Gasteiger partial charge in [-0.15, -0.1) is 0 Å². The normalized spacial score (nSPS) is 14.3. The summed E-state index contributed by atoms with van der Waals surface area (Å²) in [4.78, 5) is 0. The van der Waals surface area contributed by atoms with Crippen molar-refractivity contribution in [2.45, 2.75) is 32.4 Å². The Morgan fingerprint density at radius 2 is 2.00 bits per heavy atom. The van der Waals surface area contributed by atoms with E-state index in [0.29, 0.717) is 6.04 Å². The molecule has 4 heteroatoms. The van der Waals surface area contributed by atoms with Gasteiger partial charge in [0.2, 0.25) is 0 Å². The Morgan fingerprint density at radius 1 is 1.28 bits per heavy atom. The molecule has 1 rings (SSSR count). The molecule has 0 saturated carbocycles. The van der Waals surface area contributed by atoms with Gasteiger partial charge in [0.15, 0.2) is 11.6 Å². The molecule has 0 saturated heterocycles. The highest BCUT2D eigenvalue weighted by Gasteiger charge is 2.11. The third kappa shape index (κ3) is 4.27. The van der Waals surface area contributed by atoms with Crippen molar-refractivity contribution in [1.82, 2.24) is 5.32 Å². The molecule has 18 heavy (non-hydrogen) atoms. The molecule has 2 atom stereocenters. The molecule has 0 heterocycles. The minimum Gasteiger partial charge on any atom is -0.494 e. The van der Waals surface area contributed by atoms with Crippen molar-refractivity contribution in [2.75, 3.05) is 20.8 Å². The highest BCUT2D eigenvalue weighted by atomic mass is 19.1. The third-order valence-corrected chi connectivity index (χ3v) is 2.97. The van der Waals surface area contributed by atoms with E-state index in [4.69, 9.17) is 9.47 Å². The first-order chi connectivity index (χ1) is 8.58. The quantitative estimate of drug-likeness (QED) is 0.812. The molecule has 1 aromatic carbocycles. The molecule has 0 aromatic heterocycles. The van der Waals surface area contributed by atoms with Gasteiger partial charge in [-0.1, -0.05) is 6.07 Å². The third-order valence-electron chi connectivity index (χ3n) is 2.97. The van der Waals surface area contributed by atoms with Crippen molar-refractivity contribution in [3.8, 4) is 5.75 Å². The largest absolute Gasteiger partial charge is 0.494 e. The van der Waals surface area contributed by atoms with Crippen molar-refractivity contribution < 1.29 is 13.9 Å². The van der Waals surface area contributed by atoms with E-state index in [-0.39, 0.29) is 17.6 Å². The zero-order valence-corrected chi connectivity index (χ0v) is 11.5. The van der Waals surface area contributed by atoms with Crippen molar-refractivity contribution in [3.05, 3.63) is 29.6 Å². The molecule has 0 fully saturated rings. The molecule has 0 aliphatic carbocycles. The van der Waals surface area contributed by atoms with Crippen LogP contribution >= 0.6 is 0 Å². The zero-order chi connectivity index (χ0) is 13.5. The van der Waals surface area contributed by atoms with Crippen molar-refractivity contribution in [3.63, 3.8) is 0 Å². The van der Waals surface area contributed by atoms with Gasteiger partial charge in [0, 0.05) is 25.8 Å². The number of nitrogens with one attached hydrogen (secondary N) is 1. The van der Waals surface area contributed by atoms with Gasteiger partial charge >= 0.3 is 0 Å². The lowest BCUT2D eigenvalue weighted by Gasteiger charge is -2.20. The molecule has 2 unspecified atom stereocenters. The highest BCUT2D eigenvalue weighted by molar-refractivity contribution is 5.30. The fourth-order valence-corrected chi connectivity index (χ4v) is 1.85. The fourth-order valence-electron chi connectivity index (χ4n) is 1.85. The van der Waals surface area contributed by atoms with Crippen LogP contribution in [0.2, 0.25) is 0 Å². The predicted octanol–water partition coefficient (Wildman–Crippen LogP) is 2.91. The van der Waals surface area contributed by atoms with E-state index in [9.17, 15) is 4.39 Å². The lowest BCUT2D eigenvalue weighted by molar-refractivity contribution is 0.183.